The molecular weight excluding hydrogens is 315 g/mol. The molecular formula is C8H7F4O5PS. The lowest BCUT2D eigenvalue weighted by molar-refractivity contribution is -0.140. The van der Waals surface area contributed by atoms with Crippen LogP contribution in [-0.2, 0) is 29.4 Å². The first-order chi connectivity index (χ1) is 8.59. The van der Waals surface area contributed by atoms with Crippen molar-refractivity contribution in [3.05, 3.63) is 29.6 Å². The summed E-state index contributed by atoms with van der Waals surface area (Å²) in [6.07, 6.45) is -5.11. The topological polar surface area (TPSA) is 69.7 Å². The maximum Gasteiger partial charge on any atom is 0.417 e. The van der Waals surface area contributed by atoms with Gasteiger partial charge in [0.2, 0.25) is 0 Å². The van der Waals surface area contributed by atoms with Crippen molar-refractivity contribution in [1.82, 2.24) is 0 Å². The summed E-state index contributed by atoms with van der Waals surface area (Å²) in [6, 6.07) is 1.56. The number of halogens is 4. The first-order valence-corrected chi connectivity index (χ1v) is 7.11. The monoisotopic (exact) mass is 322 g/mol. The fourth-order valence-electron chi connectivity index (χ4n) is 1.15. The van der Waals surface area contributed by atoms with E-state index in [9.17, 15) is 30.5 Å². The molecule has 0 bridgehead atoms. The van der Waals surface area contributed by atoms with Crippen molar-refractivity contribution in [1.29, 1.82) is 0 Å². The molecule has 0 aliphatic rings. The summed E-state index contributed by atoms with van der Waals surface area (Å²) in [6.45, 7) is 0. The molecule has 0 aliphatic heterocycles. The Labute approximate surface area is 106 Å². The highest BCUT2D eigenvalue weighted by atomic mass is 32.2. The van der Waals surface area contributed by atoms with E-state index in [0.717, 1.165) is 7.11 Å². The summed E-state index contributed by atoms with van der Waals surface area (Å²) in [4.78, 5) is -1.72. The van der Waals surface area contributed by atoms with E-state index < -0.39 is 40.8 Å². The molecule has 1 atom stereocenters. The van der Waals surface area contributed by atoms with E-state index in [4.69, 9.17) is 0 Å². The molecule has 108 valence electrons. The Morgan fingerprint density at radius 1 is 1.26 bits per heavy atom. The van der Waals surface area contributed by atoms with Gasteiger partial charge in [-0.05, 0) is 12.1 Å². The Balaban J connectivity index is 3.46. The molecule has 0 saturated heterocycles. The van der Waals surface area contributed by atoms with Gasteiger partial charge >= 0.3 is 24.5 Å². The maximum absolute atomic E-state index is 13.3. The highest BCUT2D eigenvalue weighted by Gasteiger charge is 2.40. The molecule has 0 spiro atoms. The second-order valence-corrected chi connectivity index (χ2v) is 6.00. The van der Waals surface area contributed by atoms with Crippen LogP contribution in [0.15, 0.2) is 23.1 Å². The van der Waals surface area contributed by atoms with E-state index in [0.29, 0.717) is 18.2 Å². The van der Waals surface area contributed by atoms with Gasteiger partial charge in [0.05, 0.1) is 5.56 Å². The van der Waals surface area contributed by atoms with Crippen molar-refractivity contribution in [3.8, 4) is 0 Å². The van der Waals surface area contributed by atoms with E-state index in [1.54, 1.807) is 0 Å². The fraction of sp³-hybridized carbons (Fsp3) is 0.250. The van der Waals surface area contributed by atoms with Crippen LogP contribution < -0.4 is 0 Å². The highest BCUT2D eigenvalue weighted by molar-refractivity contribution is 7.89. The quantitative estimate of drug-likeness (QED) is 0.629. The Kier molecular flexibility index (Phi) is 4.72. The van der Waals surface area contributed by atoms with Crippen LogP contribution in [0.5, 0.6) is 0 Å². The van der Waals surface area contributed by atoms with Gasteiger partial charge in [-0.15, -0.1) is 0 Å². The summed E-state index contributed by atoms with van der Waals surface area (Å²) >= 11 is 0. The molecule has 5 nitrogen and oxygen atoms in total. The first-order valence-electron chi connectivity index (χ1n) is 4.47. The normalized spacial score (nSPS) is 14.4. The first kappa shape index (κ1) is 16.1. The highest BCUT2D eigenvalue weighted by Crippen LogP contribution is 2.38. The third-order valence-electron chi connectivity index (χ3n) is 1.87. The van der Waals surface area contributed by atoms with Crippen LogP contribution >= 0.6 is 8.25 Å². The molecule has 0 N–H and O–H groups in total. The van der Waals surface area contributed by atoms with Crippen molar-refractivity contribution in [2.75, 3.05) is 7.11 Å². The summed E-state index contributed by atoms with van der Waals surface area (Å²) in [5.74, 6) is -1.67. The van der Waals surface area contributed by atoms with Crippen LogP contribution in [-0.4, -0.2) is 15.5 Å². The molecule has 0 saturated carbocycles. The maximum atomic E-state index is 13.3. The molecule has 0 aliphatic carbocycles. The predicted octanol–water partition coefficient (Wildman–Crippen LogP) is 2.59. The fourth-order valence-corrected chi connectivity index (χ4v) is 3.23. The number of hydrogen-bond acceptors (Lipinski definition) is 5. The van der Waals surface area contributed by atoms with Crippen molar-refractivity contribution < 1.29 is 39.0 Å². The van der Waals surface area contributed by atoms with Gasteiger partial charge in [-0.25, -0.2) is 4.39 Å². The minimum atomic E-state index is -5.20. The van der Waals surface area contributed by atoms with Gasteiger partial charge in [0.25, 0.3) is 0 Å². The van der Waals surface area contributed by atoms with Gasteiger partial charge in [0, 0.05) is 7.11 Å². The van der Waals surface area contributed by atoms with Crippen LogP contribution in [0.25, 0.3) is 0 Å². The standard InChI is InChI=1S/C8H7F4O5PS/c1-16-18(13)17-19(14,15)7-5(8(10,11)12)3-2-4-6(7)9/h2-4,18H,1H3. The summed E-state index contributed by atoms with van der Waals surface area (Å²) in [5.41, 5.74) is -1.75. The van der Waals surface area contributed by atoms with Crippen LogP contribution in [0.2, 0.25) is 0 Å². The zero-order valence-corrected chi connectivity index (χ0v) is 11.0. The van der Waals surface area contributed by atoms with Gasteiger partial charge < -0.3 is 4.52 Å². The Hall–Kier alpha value is -0.960. The second-order valence-electron chi connectivity index (χ2n) is 3.11. The Bertz CT molecular complexity index is 598. The second kappa shape index (κ2) is 5.58. The molecule has 1 aromatic rings. The molecule has 0 radical (unpaired) electrons. The lowest BCUT2D eigenvalue weighted by Crippen LogP contribution is -2.15. The molecule has 1 unspecified atom stereocenters. The number of rotatable bonds is 4. The number of benzene rings is 1. The average Bonchev–Trinajstić information content (AvgIpc) is 2.26. The van der Waals surface area contributed by atoms with Gasteiger partial charge in [0.1, 0.15) is 10.7 Å². The van der Waals surface area contributed by atoms with Gasteiger partial charge in [-0.3, -0.25) is 4.57 Å². The zero-order chi connectivity index (χ0) is 14.8. The number of hydrogen-bond donors (Lipinski definition) is 0. The summed E-state index contributed by atoms with van der Waals surface area (Å²) < 4.78 is 92.7. The van der Waals surface area contributed by atoms with E-state index >= 15 is 0 Å². The van der Waals surface area contributed by atoms with E-state index in [2.05, 4.69) is 8.49 Å². The SMILES string of the molecule is CO[PH](=O)OS(=O)(=O)c1c(F)cccc1C(F)(F)F. The predicted molar refractivity (Wildman–Crippen MR) is 55.7 cm³/mol. The van der Waals surface area contributed by atoms with Crippen LogP contribution in [0, 0.1) is 5.82 Å². The third-order valence-corrected chi connectivity index (χ3v) is 4.54. The minimum absolute atomic E-state index is 0.364. The number of alkyl halides is 3. The van der Waals surface area contributed by atoms with E-state index in [-0.39, 0.29) is 0 Å². The van der Waals surface area contributed by atoms with Gasteiger partial charge in [-0.2, -0.15) is 25.6 Å². The summed E-state index contributed by atoms with van der Waals surface area (Å²) in [7, 11) is -7.96. The van der Waals surface area contributed by atoms with Crippen LogP contribution in [0.4, 0.5) is 17.6 Å². The lowest BCUT2D eigenvalue weighted by atomic mass is 10.2. The minimum Gasteiger partial charge on any atom is -0.313 e. The Morgan fingerprint density at radius 2 is 1.84 bits per heavy atom. The summed E-state index contributed by atoms with van der Waals surface area (Å²) in [5, 5.41) is 0. The molecule has 1 rings (SSSR count). The van der Waals surface area contributed by atoms with Gasteiger partial charge in [0.15, 0.2) is 0 Å². The van der Waals surface area contributed by atoms with Crippen LogP contribution in [0.3, 0.4) is 0 Å². The molecule has 1 aromatic carbocycles. The zero-order valence-electron chi connectivity index (χ0n) is 9.19. The van der Waals surface area contributed by atoms with Crippen LogP contribution in [0.1, 0.15) is 5.56 Å². The van der Waals surface area contributed by atoms with Crippen molar-refractivity contribution in [3.63, 3.8) is 0 Å². The van der Waals surface area contributed by atoms with Crippen molar-refractivity contribution in [2.45, 2.75) is 11.1 Å². The van der Waals surface area contributed by atoms with E-state index in [1.807, 2.05) is 0 Å². The lowest BCUT2D eigenvalue weighted by Gasteiger charge is -2.13. The molecule has 19 heavy (non-hydrogen) atoms. The largest absolute Gasteiger partial charge is 0.417 e. The van der Waals surface area contributed by atoms with Crippen molar-refractivity contribution >= 4 is 18.4 Å². The molecule has 0 fully saturated rings. The molecule has 0 heterocycles. The van der Waals surface area contributed by atoms with E-state index in [1.165, 1.54) is 0 Å². The van der Waals surface area contributed by atoms with Crippen molar-refractivity contribution in [2.24, 2.45) is 0 Å². The molecule has 0 amide bonds. The smallest absolute Gasteiger partial charge is 0.313 e. The molecule has 0 aromatic heterocycles. The van der Waals surface area contributed by atoms with Gasteiger partial charge in [-0.1, -0.05) is 6.07 Å². The Morgan fingerprint density at radius 3 is 2.32 bits per heavy atom. The third kappa shape index (κ3) is 3.75. The average molecular weight is 322 g/mol. The molecule has 11 heteroatoms.